The highest BCUT2D eigenvalue weighted by Crippen LogP contribution is 2.31. The van der Waals surface area contributed by atoms with Gasteiger partial charge < -0.3 is 4.90 Å². The average Bonchev–Trinajstić information content (AvgIpc) is 3.18. The summed E-state index contributed by atoms with van der Waals surface area (Å²) in [5, 5.41) is 18.0. The summed E-state index contributed by atoms with van der Waals surface area (Å²) < 4.78 is 0. The summed E-state index contributed by atoms with van der Waals surface area (Å²) in [6.45, 7) is 4.57. The van der Waals surface area contributed by atoms with Crippen LogP contribution in [-0.2, 0) is 4.79 Å². The molecule has 0 aromatic heterocycles. The van der Waals surface area contributed by atoms with Crippen molar-refractivity contribution in [2.45, 2.75) is 64.0 Å². The third kappa shape index (κ3) is 3.78. The van der Waals surface area contributed by atoms with E-state index in [4.69, 9.17) is 5.26 Å². The van der Waals surface area contributed by atoms with Crippen LogP contribution >= 0.6 is 0 Å². The smallest absolute Gasteiger partial charge is 0.222 e. The van der Waals surface area contributed by atoms with Crippen molar-refractivity contribution >= 4 is 5.91 Å². The first-order chi connectivity index (χ1) is 10.7. The Kier molecular flexibility index (Phi) is 6.21. The van der Waals surface area contributed by atoms with Crippen molar-refractivity contribution in [3.63, 3.8) is 0 Å². The molecule has 2 aliphatic heterocycles. The molecule has 0 spiro atoms. The number of amides is 1. The molecule has 2 aliphatic rings. The molecule has 0 saturated carbocycles. The van der Waals surface area contributed by atoms with Crippen molar-refractivity contribution < 1.29 is 4.79 Å². The number of hydrogen-bond acceptors (Lipinski definition) is 4. The van der Waals surface area contributed by atoms with Gasteiger partial charge in [-0.3, -0.25) is 9.69 Å². The van der Waals surface area contributed by atoms with Crippen LogP contribution in [0.3, 0.4) is 0 Å². The third-order valence-electron chi connectivity index (χ3n) is 5.02. The molecular weight excluding hydrogens is 276 g/mol. The van der Waals surface area contributed by atoms with Gasteiger partial charge in [-0.05, 0) is 38.6 Å². The Morgan fingerprint density at radius 3 is 2.64 bits per heavy atom. The van der Waals surface area contributed by atoms with Gasteiger partial charge in [0.05, 0.1) is 18.1 Å². The van der Waals surface area contributed by atoms with Gasteiger partial charge in [-0.15, -0.1) is 0 Å². The first-order valence-corrected chi connectivity index (χ1v) is 8.51. The highest BCUT2D eigenvalue weighted by atomic mass is 16.2. The molecular formula is C17H26N4O. The molecule has 0 bridgehead atoms. The molecule has 1 amide bonds. The second kappa shape index (κ2) is 8.15. The van der Waals surface area contributed by atoms with Crippen LogP contribution in [-0.4, -0.2) is 47.4 Å². The number of nitrogens with zero attached hydrogens (tertiary/aromatic N) is 4. The molecule has 2 fully saturated rings. The predicted octanol–water partition coefficient (Wildman–Crippen LogP) is 2.30. The standard InChI is InChI=1S/C17H26N4O/c1-2-17(22)21-11-5-8-16(21)15-7-4-10-20(15)13-14(12-19)6-3-9-18/h14-16H,2-8,10-11,13H2,1H3. The highest BCUT2D eigenvalue weighted by molar-refractivity contribution is 5.76. The molecule has 0 N–H and O–H groups in total. The lowest BCUT2D eigenvalue weighted by atomic mass is 10.00. The predicted molar refractivity (Wildman–Crippen MR) is 83.6 cm³/mol. The first-order valence-electron chi connectivity index (χ1n) is 8.51. The monoisotopic (exact) mass is 302 g/mol. The zero-order valence-corrected chi connectivity index (χ0v) is 13.5. The van der Waals surface area contributed by atoms with Gasteiger partial charge in [0.1, 0.15) is 0 Å². The largest absolute Gasteiger partial charge is 0.338 e. The van der Waals surface area contributed by atoms with Crippen LogP contribution in [0.5, 0.6) is 0 Å². The topological polar surface area (TPSA) is 71.1 Å². The number of carbonyl (C=O) groups excluding carboxylic acids is 1. The Balaban J connectivity index is 1.99. The van der Waals surface area contributed by atoms with Crippen molar-refractivity contribution in [2.24, 2.45) is 5.92 Å². The Bertz CT molecular complexity index is 464. The second-order valence-electron chi connectivity index (χ2n) is 6.38. The Hall–Kier alpha value is -1.59. The Labute approximate surface area is 133 Å². The highest BCUT2D eigenvalue weighted by Gasteiger charge is 2.39. The van der Waals surface area contributed by atoms with E-state index in [0.717, 1.165) is 45.3 Å². The summed E-state index contributed by atoms with van der Waals surface area (Å²) in [5.41, 5.74) is 0. The van der Waals surface area contributed by atoms with Crippen LogP contribution in [0.25, 0.3) is 0 Å². The summed E-state index contributed by atoms with van der Waals surface area (Å²) in [5.74, 6) is 0.188. The normalized spacial score (nSPS) is 26.6. The Morgan fingerprint density at radius 1 is 1.23 bits per heavy atom. The van der Waals surface area contributed by atoms with Gasteiger partial charge in [0.15, 0.2) is 0 Å². The van der Waals surface area contributed by atoms with E-state index in [2.05, 4.69) is 21.9 Å². The van der Waals surface area contributed by atoms with Gasteiger partial charge in [0, 0.05) is 38.0 Å². The molecule has 3 unspecified atom stereocenters. The van der Waals surface area contributed by atoms with Gasteiger partial charge in [0.25, 0.3) is 0 Å². The lowest BCUT2D eigenvalue weighted by Crippen LogP contribution is -2.49. The number of nitriles is 2. The fourth-order valence-electron chi connectivity index (χ4n) is 3.94. The van der Waals surface area contributed by atoms with Crippen LogP contribution in [0.2, 0.25) is 0 Å². The summed E-state index contributed by atoms with van der Waals surface area (Å²) in [6, 6.07) is 5.20. The molecule has 0 aromatic carbocycles. The van der Waals surface area contributed by atoms with E-state index < -0.39 is 0 Å². The van der Waals surface area contributed by atoms with E-state index in [1.165, 1.54) is 0 Å². The zero-order chi connectivity index (χ0) is 15.9. The zero-order valence-electron chi connectivity index (χ0n) is 13.5. The number of rotatable bonds is 6. The second-order valence-corrected chi connectivity index (χ2v) is 6.38. The lowest BCUT2D eigenvalue weighted by Gasteiger charge is -2.35. The number of hydrogen-bond donors (Lipinski definition) is 0. The minimum Gasteiger partial charge on any atom is -0.338 e. The van der Waals surface area contributed by atoms with Crippen LogP contribution in [0.1, 0.15) is 51.9 Å². The summed E-state index contributed by atoms with van der Waals surface area (Å²) in [6.07, 6.45) is 6.12. The molecule has 5 nitrogen and oxygen atoms in total. The third-order valence-corrected chi connectivity index (χ3v) is 5.02. The number of carbonyl (C=O) groups is 1. The van der Waals surface area contributed by atoms with Gasteiger partial charge in [0.2, 0.25) is 5.91 Å². The van der Waals surface area contributed by atoms with E-state index in [0.29, 0.717) is 31.3 Å². The molecule has 0 radical (unpaired) electrons. The molecule has 3 atom stereocenters. The molecule has 5 heteroatoms. The molecule has 2 saturated heterocycles. The van der Waals surface area contributed by atoms with Gasteiger partial charge in [-0.2, -0.15) is 10.5 Å². The molecule has 2 heterocycles. The molecule has 2 rings (SSSR count). The van der Waals surface area contributed by atoms with Crippen molar-refractivity contribution in [3.8, 4) is 12.1 Å². The maximum Gasteiger partial charge on any atom is 0.222 e. The van der Waals surface area contributed by atoms with Gasteiger partial charge >= 0.3 is 0 Å². The van der Waals surface area contributed by atoms with Crippen LogP contribution in [0.4, 0.5) is 0 Å². The van der Waals surface area contributed by atoms with Crippen molar-refractivity contribution in [3.05, 3.63) is 0 Å². The van der Waals surface area contributed by atoms with E-state index >= 15 is 0 Å². The molecule has 22 heavy (non-hydrogen) atoms. The van der Waals surface area contributed by atoms with Crippen LogP contribution in [0, 0.1) is 28.6 Å². The minimum atomic E-state index is -0.0722. The molecule has 0 aromatic rings. The lowest BCUT2D eigenvalue weighted by molar-refractivity contribution is -0.132. The summed E-state index contributed by atoms with van der Waals surface area (Å²) >= 11 is 0. The first kappa shape index (κ1) is 16.8. The van der Waals surface area contributed by atoms with Crippen molar-refractivity contribution in [1.82, 2.24) is 9.80 Å². The molecule has 120 valence electrons. The maximum atomic E-state index is 12.1. The minimum absolute atomic E-state index is 0.0722. The van der Waals surface area contributed by atoms with E-state index in [9.17, 15) is 10.1 Å². The SMILES string of the molecule is CCC(=O)N1CCCC1C1CCCN1CC(C#N)CCC#N. The van der Waals surface area contributed by atoms with Crippen molar-refractivity contribution in [1.29, 1.82) is 10.5 Å². The fraction of sp³-hybridized carbons (Fsp3) is 0.824. The quantitative estimate of drug-likeness (QED) is 0.754. The van der Waals surface area contributed by atoms with Crippen LogP contribution < -0.4 is 0 Å². The average molecular weight is 302 g/mol. The Morgan fingerprint density at radius 2 is 1.95 bits per heavy atom. The van der Waals surface area contributed by atoms with Crippen LogP contribution in [0.15, 0.2) is 0 Å². The van der Waals surface area contributed by atoms with Gasteiger partial charge in [-0.25, -0.2) is 0 Å². The van der Waals surface area contributed by atoms with E-state index in [1.54, 1.807) is 0 Å². The van der Waals surface area contributed by atoms with E-state index in [-0.39, 0.29) is 11.8 Å². The maximum absolute atomic E-state index is 12.1. The summed E-state index contributed by atoms with van der Waals surface area (Å²) in [4.78, 5) is 16.6. The van der Waals surface area contributed by atoms with Gasteiger partial charge in [-0.1, -0.05) is 6.92 Å². The van der Waals surface area contributed by atoms with Crippen molar-refractivity contribution in [2.75, 3.05) is 19.6 Å². The summed E-state index contributed by atoms with van der Waals surface area (Å²) in [7, 11) is 0. The molecule has 0 aliphatic carbocycles. The number of likely N-dealkylation sites (tertiary alicyclic amines) is 2. The van der Waals surface area contributed by atoms with E-state index in [1.807, 2.05) is 6.92 Å². The fourth-order valence-corrected chi connectivity index (χ4v) is 3.94.